The quantitative estimate of drug-likeness (QED) is 0.794. The van der Waals surface area contributed by atoms with Gasteiger partial charge in [-0.25, -0.2) is 4.98 Å². The number of nitrogens with zero attached hydrogens (tertiary/aromatic N) is 4. The van der Waals surface area contributed by atoms with Crippen molar-refractivity contribution in [1.82, 2.24) is 24.5 Å². The Kier molecular flexibility index (Phi) is 3.21. The van der Waals surface area contributed by atoms with Crippen LogP contribution in [0.3, 0.4) is 0 Å². The third kappa shape index (κ3) is 2.52. The zero-order valence-electron chi connectivity index (χ0n) is 12.3. The Labute approximate surface area is 122 Å². The molecule has 0 aliphatic rings. The van der Waals surface area contributed by atoms with Crippen molar-refractivity contribution in [2.24, 2.45) is 7.05 Å². The molecule has 0 aromatic carbocycles. The van der Waals surface area contributed by atoms with Crippen LogP contribution in [-0.4, -0.2) is 25.1 Å². The van der Waals surface area contributed by atoms with Crippen LogP contribution in [0.5, 0.6) is 0 Å². The molecular weight excluding hydrogens is 266 g/mol. The summed E-state index contributed by atoms with van der Waals surface area (Å²) in [6.45, 7) is 4.38. The normalized spacial score (nSPS) is 11.0. The average molecular weight is 283 g/mol. The van der Waals surface area contributed by atoms with Crippen LogP contribution in [0.15, 0.2) is 30.7 Å². The van der Waals surface area contributed by atoms with Gasteiger partial charge >= 0.3 is 0 Å². The molecule has 0 atom stereocenters. The van der Waals surface area contributed by atoms with E-state index in [-0.39, 0.29) is 5.91 Å². The van der Waals surface area contributed by atoms with Crippen molar-refractivity contribution < 1.29 is 4.79 Å². The van der Waals surface area contributed by atoms with Crippen molar-refractivity contribution in [2.75, 3.05) is 0 Å². The molecule has 6 heteroatoms. The lowest BCUT2D eigenvalue weighted by Gasteiger charge is -2.05. The first-order valence-electron chi connectivity index (χ1n) is 6.75. The van der Waals surface area contributed by atoms with Gasteiger partial charge in [0.25, 0.3) is 5.91 Å². The van der Waals surface area contributed by atoms with E-state index in [1.807, 2.05) is 37.7 Å². The van der Waals surface area contributed by atoms with E-state index in [2.05, 4.69) is 15.4 Å². The Hall–Kier alpha value is -2.63. The summed E-state index contributed by atoms with van der Waals surface area (Å²) in [6, 6.07) is 3.58. The summed E-state index contributed by atoms with van der Waals surface area (Å²) >= 11 is 0. The maximum absolute atomic E-state index is 12.2. The summed E-state index contributed by atoms with van der Waals surface area (Å²) in [4.78, 5) is 16.6. The second kappa shape index (κ2) is 5.05. The van der Waals surface area contributed by atoms with Crippen LogP contribution in [0, 0.1) is 13.8 Å². The number of rotatable bonds is 3. The molecule has 0 saturated carbocycles. The smallest absolute Gasteiger partial charge is 0.251 e. The lowest BCUT2D eigenvalue weighted by atomic mass is 10.2. The lowest BCUT2D eigenvalue weighted by molar-refractivity contribution is 0.0951. The number of nitrogens with one attached hydrogen (secondary N) is 1. The minimum atomic E-state index is -0.110. The van der Waals surface area contributed by atoms with Crippen LogP contribution in [0.2, 0.25) is 0 Å². The summed E-state index contributed by atoms with van der Waals surface area (Å²) in [7, 11) is 1.88. The van der Waals surface area contributed by atoms with Crippen molar-refractivity contribution >= 4 is 11.6 Å². The Bertz CT molecular complexity index is 815. The monoisotopic (exact) mass is 283 g/mol. The van der Waals surface area contributed by atoms with Crippen molar-refractivity contribution in [2.45, 2.75) is 20.4 Å². The molecule has 21 heavy (non-hydrogen) atoms. The van der Waals surface area contributed by atoms with Crippen molar-refractivity contribution in [1.29, 1.82) is 0 Å². The Morgan fingerprint density at radius 1 is 1.38 bits per heavy atom. The molecule has 6 nitrogen and oxygen atoms in total. The molecule has 1 amide bonds. The maximum Gasteiger partial charge on any atom is 0.251 e. The Morgan fingerprint density at radius 2 is 2.19 bits per heavy atom. The fourth-order valence-electron chi connectivity index (χ4n) is 2.25. The third-order valence-corrected chi connectivity index (χ3v) is 3.62. The molecule has 3 heterocycles. The number of carbonyl (C=O) groups is 1. The predicted octanol–water partition coefficient (Wildman–Crippen LogP) is 1.61. The van der Waals surface area contributed by atoms with Gasteiger partial charge in [0.15, 0.2) is 0 Å². The van der Waals surface area contributed by atoms with Gasteiger partial charge in [0.1, 0.15) is 5.65 Å². The highest BCUT2D eigenvalue weighted by molar-refractivity contribution is 5.95. The molecule has 3 aromatic rings. The van der Waals surface area contributed by atoms with E-state index < -0.39 is 0 Å². The van der Waals surface area contributed by atoms with Gasteiger partial charge in [0.05, 0.1) is 11.9 Å². The summed E-state index contributed by atoms with van der Waals surface area (Å²) in [6.07, 6.45) is 5.55. The summed E-state index contributed by atoms with van der Waals surface area (Å²) in [5.74, 6) is -0.110. The molecule has 0 aliphatic heterocycles. The maximum atomic E-state index is 12.2. The van der Waals surface area contributed by atoms with Crippen LogP contribution < -0.4 is 5.32 Å². The van der Waals surface area contributed by atoms with E-state index in [4.69, 9.17) is 0 Å². The Morgan fingerprint density at radius 3 is 2.90 bits per heavy atom. The number of aryl methyl sites for hydroxylation is 2. The number of imidazole rings is 1. The van der Waals surface area contributed by atoms with Gasteiger partial charge in [-0.1, -0.05) is 0 Å². The number of carbonyl (C=O) groups excluding carboxylic acids is 1. The van der Waals surface area contributed by atoms with Gasteiger partial charge in [-0.2, -0.15) is 5.10 Å². The second-order valence-corrected chi connectivity index (χ2v) is 5.12. The molecule has 0 saturated heterocycles. The van der Waals surface area contributed by atoms with Crippen LogP contribution in [0.25, 0.3) is 5.65 Å². The highest BCUT2D eigenvalue weighted by atomic mass is 16.1. The molecule has 0 fully saturated rings. The number of pyridine rings is 1. The summed E-state index contributed by atoms with van der Waals surface area (Å²) in [5.41, 5.74) is 4.38. The van der Waals surface area contributed by atoms with Crippen molar-refractivity contribution in [3.05, 3.63) is 53.2 Å². The number of amides is 1. The molecule has 3 aromatic heterocycles. The van der Waals surface area contributed by atoms with Crippen LogP contribution in [0.4, 0.5) is 0 Å². The highest BCUT2D eigenvalue weighted by Gasteiger charge is 2.09. The minimum Gasteiger partial charge on any atom is -0.348 e. The Balaban J connectivity index is 1.75. The zero-order valence-corrected chi connectivity index (χ0v) is 12.3. The number of fused-ring (bicyclic) bond motifs is 1. The molecule has 108 valence electrons. The highest BCUT2D eigenvalue weighted by Crippen LogP contribution is 2.09. The summed E-state index contributed by atoms with van der Waals surface area (Å²) in [5, 5.41) is 7.07. The number of hydrogen-bond donors (Lipinski definition) is 1. The standard InChI is InChI=1S/C15H17N5O/c1-10-9-20-5-4-12(6-14(20)18-10)15(21)16-7-13-8-17-19(3)11(13)2/h4-6,8-9H,7H2,1-3H3,(H,16,21). The SMILES string of the molecule is Cc1cn2ccc(C(=O)NCc3cnn(C)c3C)cc2n1. The molecular formula is C15H17N5O. The zero-order chi connectivity index (χ0) is 15.0. The fourth-order valence-corrected chi connectivity index (χ4v) is 2.25. The molecule has 0 bridgehead atoms. The number of aromatic nitrogens is 4. The molecule has 0 aliphatic carbocycles. The molecule has 3 rings (SSSR count). The second-order valence-electron chi connectivity index (χ2n) is 5.12. The van der Waals surface area contributed by atoms with Gasteiger partial charge in [0.2, 0.25) is 0 Å². The van der Waals surface area contributed by atoms with Gasteiger partial charge < -0.3 is 9.72 Å². The van der Waals surface area contributed by atoms with Gasteiger partial charge in [-0.05, 0) is 26.0 Å². The van der Waals surface area contributed by atoms with E-state index in [0.29, 0.717) is 12.1 Å². The van der Waals surface area contributed by atoms with Crippen LogP contribution in [0.1, 0.15) is 27.3 Å². The van der Waals surface area contributed by atoms with E-state index in [1.165, 1.54) is 0 Å². The molecule has 0 unspecified atom stereocenters. The van der Waals surface area contributed by atoms with E-state index in [1.54, 1.807) is 23.0 Å². The minimum absolute atomic E-state index is 0.110. The topological polar surface area (TPSA) is 64.2 Å². The first-order valence-corrected chi connectivity index (χ1v) is 6.75. The average Bonchev–Trinajstić information content (AvgIpc) is 2.98. The molecule has 0 radical (unpaired) electrons. The summed E-state index contributed by atoms with van der Waals surface area (Å²) < 4.78 is 3.69. The van der Waals surface area contributed by atoms with Gasteiger partial charge in [-0.3, -0.25) is 9.48 Å². The van der Waals surface area contributed by atoms with Crippen molar-refractivity contribution in [3.63, 3.8) is 0 Å². The number of hydrogen-bond acceptors (Lipinski definition) is 3. The predicted molar refractivity (Wildman–Crippen MR) is 79.0 cm³/mol. The lowest BCUT2D eigenvalue weighted by Crippen LogP contribution is -2.23. The van der Waals surface area contributed by atoms with Crippen LogP contribution in [-0.2, 0) is 13.6 Å². The van der Waals surface area contributed by atoms with E-state index in [0.717, 1.165) is 22.6 Å². The fraction of sp³-hybridized carbons (Fsp3) is 0.267. The largest absolute Gasteiger partial charge is 0.348 e. The first-order chi connectivity index (χ1) is 10.0. The first kappa shape index (κ1) is 13.4. The van der Waals surface area contributed by atoms with Gasteiger partial charge in [-0.15, -0.1) is 0 Å². The third-order valence-electron chi connectivity index (χ3n) is 3.62. The van der Waals surface area contributed by atoms with E-state index in [9.17, 15) is 4.79 Å². The molecule has 1 N–H and O–H groups in total. The van der Waals surface area contributed by atoms with Crippen molar-refractivity contribution in [3.8, 4) is 0 Å². The van der Waals surface area contributed by atoms with E-state index >= 15 is 0 Å². The molecule has 0 spiro atoms. The van der Waals surface area contributed by atoms with Gasteiger partial charge in [0, 0.05) is 42.8 Å². The van der Waals surface area contributed by atoms with Crippen LogP contribution >= 0.6 is 0 Å².